The highest BCUT2D eigenvalue weighted by atomic mass is 19.1. The molecule has 2 aliphatic carbocycles. The van der Waals surface area contributed by atoms with Crippen molar-refractivity contribution in [2.45, 2.75) is 56.6 Å². The molecule has 0 saturated heterocycles. The molecular weight excluding hydrogens is 331 g/mol. The van der Waals surface area contributed by atoms with Gasteiger partial charge in [-0.3, -0.25) is 4.79 Å². The third-order valence-corrected chi connectivity index (χ3v) is 5.42. The highest BCUT2D eigenvalue weighted by molar-refractivity contribution is 5.91. The molecule has 2 fully saturated rings. The first-order chi connectivity index (χ1) is 12.7. The van der Waals surface area contributed by atoms with E-state index in [1.165, 1.54) is 25.0 Å². The van der Waals surface area contributed by atoms with Crippen LogP contribution >= 0.6 is 0 Å². The molecule has 0 atom stereocenters. The normalized spacial score (nSPS) is 18.5. The summed E-state index contributed by atoms with van der Waals surface area (Å²) < 4.78 is 19.1. The molecule has 0 aliphatic heterocycles. The first-order valence-electron chi connectivity index (χ1n) is 9.32. The summed E-state index contributed by atoms with van der Waals surface area (Å²) in [4.78, 5) is 17.0. The summed E-state index contributed by atoms with van der Waals surface area (Å²) in [5, 5.41) is 3.02. The number of amides is 1. The van der Waals surface area contributed by atoms with Crippen LogP contribution in [0.15, 0.2) is 42.6 Å². The van der Waals surface area contributed by atoms with Crippen molar-refractivity contribution in [3.8, 4) is 5.88 Å². The fraction of sp³-hybridized carbons (Fsp3) is 0.429. The Labute approximate surface area is 152 Å². The lowest BCUT2D eigenvalue weighted by Crippen LogP contribution is -2.34. The number of carbonyl (C=O) groups excluding carboxylic acids is 1. The summed E-state index contributed by atoms with van der Waals surface area (Å²) in [6.07, 6.45) is 8.19. The summed E-state index contributed by atoms with van der Waals surface area (Å²) in [7, 11) is 0. The predicted molar refractivity (Wildman–Crippen MR) is 96.3 cm³/mol. The van der Waals surface area contributed by atoms with Crippen molar-refractivity contribution < 1.29 is 13.9 Å². The Balaban J connectivity index is 1.37. The van der Waals surface area contributed by atoms with Gasteiger partial charge in [0.25, 0.3) is 0 Å². The highest BCUT2D eigenvalue weighted by Gasteiger charge is 2.51. The second-order valence-electron chi connectivity index (χ2n) is 7.30. The summed E-state index contributed by atoms with van der Waals surface area (Å²) in [6.45, 7) is 0.436. The molecule has 1 amide bonds. The average molecular weight is 354 g/mol. The SMILES string of the molecule is O=C(NCc1ccnc(OC2CCCC2)c1)C1(c2ccc(F)cc2)CC1. The van der Waals surface area contributed by atoms with Crippen molar-refractivity contribution in [3.63, 3.8) is 0 Å². The van der Waals surface area contributed by atoms with Gasteiger partial charge in [0.05, 0.1) is 5.41 Å². The molecule has 0 unspecified atom stereocenters. The molecule has 4 nitrogen and oxygen atoms in total. The molecule has 1 aromatic carbocycles. The highest BCUT2D eigenvalue weighted by Crippen LogP contribution is 2.48. The van der Waals surface area contributed by atoms with E-state index in [0.29, 0.717) is 12.4 Å². The summed E-state index contributed by atoms with van der Waals surface area (Å²) in [5.41, 5.74) is 1.36. The number of ether oxygens (including phenoxy) is 1. The van der Waals surface area contributed by atoms with Crippen LogP contribution in [-0.4, -0.2) is 17.0 Å². The lowest BCUT2D eigenvalue weighted by atomic mass is 9.95. The van der Waals surface area contributed by atoms with Gasteiger partial charge in [-0.1, -0.05) is 12.1 Å². The van der Waals surface area contributed by atoms with Gasteiger partial charge in [0, 0.05) is 18.8 Å². The van der Waals surface area contributed by atoms with Gasteiger partial charge in [-0.2, -0.15) is 0 Å². The molecule has 2 saturated carbocycles. The van der Waals surface area contributed by atoms with E-state index in [4.69, 9.17) is 4.74 Å². The van der Waals surface area contributed by atoms with Crippen LogP contribution in [0.5, 0.6) is 5.88 Å². The Morgan fingerprint density at radius 2 is 1.92 bits per heavy atom. The van der Waals surface area contributed by atoms with Gasteiger partial charge in [0.15, 0.2) is 0 Å². The molecule has 1 heterocycles. The van der Waals surface area contributed by atoms with Crippen molar-refractivity contribution in [1.29, 1.82) is 0 Å². The standard InChI is InChI=1S/C21H23FN2O2/c22-17-7-5-16(6-8-17)21(10-11-21)20(25)24-14-15-9-12-23-19(13-15)26-18-3-1-2-4-18/h5-9,12-13,18H,1-4,10-11,14H2,(H,24,25). The Hall–Kier alpha value is -2.43. The van der Waals surface area contributed by atoms with Crippen molar-refractivity contribution >= 4 is 5.91 Å². The van der Waals surface area contributed by atoms with E-state index in [2.05, 4.69) is 10.3 Å². The zero-order valence-electron chi connectivity index (χ0n) is 14.7. The average Bonchev–Trinajstić information content (AvgIpc) is 3.31. The van der Waals surface area contributed by atoms with Gasteiger partial charge in [-0.25, -0.2) is 9.37 Å². The molecule has 0 bridgehead atoms. The number of carbonyl (C=O) groups is 1. The maximum atomic E-state index is 13.1. The van der Waals surface area contributed by atoms with E-state index >= 15 is 0 Å². The number of pyridine rings is 1. The molecule has 1 aromatic heterocycles. The van der Waals surface area contributed by atoms with Crippen LogP contribution in [-0.2, 0) is 16.8 Å². The van der Waals surface area contributed by atoms with Gasteiger partial charge >= 0.3 is 0 Å². The van der Waals surface area contributed by atoms with Crippen LogP contribution in [0.3, 0.4) is 0 Å². The molecule has 136 valence electrons. The Kier molecular flexibility index (Phi) is 4.62. The van der Waals surface area contributed by atoms with Crippen molar-refractivity contribution in [2.75, 3.05) is 0 Å². The smallest absolute Gasteiger partial charge is 0.230 e. The maximum absolute atomic E-state index is 13.1. The Morgan fingerprint density at radius 3 is 2.62 bits per heavy atom. The molecule has 2 aliphatic rings. The minimum absolute atomic E-state index is 0.000758. The van der Waals surface area contributed by atoms with Crippen LogP contribution in [0.25, 0.3) is 0 Å². The molecular formula is C21H23FN2O2. The quantitative estimate of drug-likeness (QED) is 0.856. The van der Waals surface area contributed by atoms with E-state index in [-0.39, 0.29) is 17.8 Å². The van der Waals surface area contributed by atoms with Gasteiger partial charge in [-0.05, 0) is 67.9 Å². The third-order valence-electron chi connectivity index (χ3n) is 5.42. The molecule has 0 spiro atoms. The minimum atomic E-state index is -0.496. The van der Waals surface area contributed by atoms with Crippen molar-refractivity contribution in [1.82, 2.24) is 10.3 Å². The lowest BCUT2D eigenvalue weighted by Gasteiger charge is -2.16. The number of halogens is 1. The zero-order valence-corrected chi connectivity index (χ0v) is 14.7. The maximum Gasteiger partial charge on any atom is 0.230 e. The monoisotopic (exact) mass is 354 g/mol. The van der Waals surface area contributed by atoms with Gasteiger partial charge in [0.2, 0.25) is 11.8 Å². The van der Waals surface area contributed by atoms with Crippen molar-refractivity contribution in [2.24, 2.45) is 0 Å². The van der Waals surface area contributed by atoms with Crippen LogP contribution in [0.1, 0.15) is 49.7 Å². The van der Waals surface area contributed by atoms with Gasteiger partial charge < -0.3 is 10.1 Å². The summed E-state index contributed by atoms with van der Waals surface area (Å²) in [6, 6.07) is 10.0. The first-order valence-corrected chi connectivity index (χ1v) is 9.32. The molecule has 2 aromatic rings. The Bertz CT molecular complexity index is 781. The molecule has 0 radical (unpaired) electrons. The topological polar surface area (TPSA) is 51.2 Å². The predicted octanol–water partition coefficient (Wildman–Crippen LogP) is 3.89. The van der Waals surface area contributed by atoms with E-state index in [0.717, 1.165) is 36.8 Å². The van der Waals surface area contributed by atoms with Crippen LogP contribution < -0.4 is 10.1 Å². The minimum Gasteiger partial charge on any atom is -0.474 e. The summed E-state index contributed by atoms with van der Waals surface area (Å²) in [5.74, 6) is 0.346. The van der Waals surface area contributed by atoms with E-state index in [9.17, 15) is 9.18 Å². The third kappa shape index (κ3) is 3.57. The Morgan fingerprint density at radius 1 is 1.19 bits per heavy atom. The first kappa shape index (κ1) is 17.0. The fourth-order valence-electron chi connectivity index (χ4n) is 3.69. The van der Waals surface area contributed by atoms with E-state index in [1.807, 2.05) is 12.1 Å². The van der Waals surface area contributed by atoms with Crippen LogP contribution in [0, 0.1) is 5.82 Å². The number of benzene rings is 1. The second-order valence-corrected chi connectivity index (χ2v) is 7.30. The fourth-order valence-corrected chi connectivity index (χ4v) is 3.69. The van der Waals surface area contributed by atoms with Gasteiger partial charge in [0.1, 0.15) is 11.9 Å². The second kappa shape index (κ2) is 7.06. The number of hydrogen-bond acceptors (Lipinski definition) is 3. The van der Waals surface area contributed by atoms with Crippen LogP contribution in [0.2, 0.25) is 0 Å². The van der Waals surface area contributed by atoms with E-state index in [1.54, 1.807) is 18.3 Å². The number of nitrogens with one attached hydrogen (secondary N) is 1. The molecule has 26 heavy (non-hydrogen) atoms. The lowest BCUT2D eigenvalue weighted by molar-refractivity contribution is -0.123. The molecule has 5 heteroatoms. The number of hydrogen-bond donors (Lipinski definition) is 1. The van der Waals surface area contributed by atoms with E-state index < -0.39 is 5.41 Å². The largest absolute Gasteiger partial charge is 0.474 e. The molecule has 1 N–H and O–H groups in total. The van der Waals surface area contributed by atoms with Crippen molar-refractivity contribution in [3.05, 3.63) is 59.5 Å². The summed E-state index contributed by atoms with van der Waals surface area (Å²) >= 11 is 0. The molecule has 4 rings (SSSR count). The van der Waals surface area contributed by atoms with Crippen LogP contribution in [0.4, 0.5) is 4.39 Å². The zero-order chi connectivity index (χ0) is 18.0. The number of aromatic nitrogens is 1. The number of rotatable bonds is 6. The number of nitrogens with zero attached hydrogens (tertiary/aromatic N) is 1. The van der Waals surface area contributed by atoms with Gasteiger partial charge in [-0.15, -0.1) is 0 Å².